The zero-order chi connectivity index (χ0) is 14.5. The van der Waals surface area contributed by atoms with Gasteiger partial charge < -0.3 is 9.84 Å². The van der Waals surface area contributed by atoms with Crippen molar-refractivity contribution in [2.75, 3.05) is 0 Å². The maximum atomic E-state index is 10.5. The van der Waals surface area contributed by atoms with Gasteiger partial charge in [-0.3, -0.25) is 0 Å². The molecule has 0 amide bonds. The fourth-order valence-corrected chi connectivity index (χ4v) is 3.05. The van der Waals surface area contributed by atoms with E-state index in [1.165, 1.54) is 5.56 Å². The van der Waals surface area contributed by atoms with Crippen LogP contribution in [0.25, 0.3) is 0 Å². The van der Waals surface area contributed by atoms with Gasteiger partial charge in [-0.2, -0.15) is 0 Å². The normalized spacial score (nSPS) is 33.9. The summed E-state index contributed by atoms with van der Waals surface area (Å²) in [5, 5.41) is 10.5. The molecule has 1 N–H and O–H groups in total. The van der Waals surface area contributed by atoms with E-state index in [9.17, 15) is 5.11 Å². The molecule has 0 spiro atoms. The molecule has 110 valence electrons. The van der Waals surface area contributed by atoms with Crippen molar-refractivity contribution in [1.82, 2.24) is 0 Å². The second-order valence-corrected chi connectivity index (χ2v) is 5.93. The molecule has 0 heterocycles. The average molecular weight is 274 g/mol. The van der Waals surface area contributed by atoms with Gasteiger partial charge in [0.1, 0.15) is 0 Å². The van der Waals surface area contributed by atoms with Crippen molar-refractivity contribution in [3.8, 4) is 0 Å². The Hall–Kier alpha value is -1.12. The van der Waals surface area contributed by atoms with E-state index in [-0.39, 0.29) is 24.0 Å². The number of hydrogen-bond donors (Lipinski definition) is 1. The topological polar surface area (TPSA) is 29.5 Å². The summed E-state index contributed by atoms with van der Waals surface area (Å²) in [5.74, 6) is 0.728. The van der Waals surface area contributed by atoms with Crippen molar-refractivity contribution in [1.29, 1.82) is 0 Å². The number of benzene rings is 1. The summed E-state index contributed by atoms with van der Waals surface area (Å²) in [4.78, 5) is 0. The first-order valence-electron chi connectivity index (χ1n) is 7.65. The van der Waals surface area contributed by atoms with Gasteiger partial charge in [-0.15, -0.1) is 0 Å². The maximum Gasteiger partial charge on any atom is 0.0721 e. The van der Waals surface area contributed by atoms with Crippen LogP contribution in [0.5, 0.6) is 0 Å². The first-order chi connectivity index (χ1) is 9.63. The highest BCUT2D eigenvalue weighted by molar-refractivity contribution is 5.13. The van der Waals surface area contributed by atoms with Crippen LogP contribution in [-0.4, -0.2) is 17.3 Å². The molecule has 0 saturated heterocycles. The SMILES string of the molecule is CC[C@H]1C=C[C@H](C)[C@H](OCc2ccccc2)[C@H](C)[C@H]1O. The van der Waals surface area contributed by atoms with Crippen LogP contribution in [0, 0.1) is 17.8 Å². The lowest BCUT2D eigenvalue weighted by molar-refractivity contribution is -0.0615. The average Bonchev–Trinajstić information content (AvgIpc) is 2.57. The van der Waals surface area contributed by atoms with Crippen LogP contribution in [0.4, 0.5) is 0 Å². The minimum atomic E-state index is -0.318. The molecular weight excluding hydrogens is 248 g/mol. The molecule has 2 nitrogen and oxygen atoms in total. The molecule has 1 aliphatic rings. The molecule has 0 aliphatic heterocycles. The third-order valence-electron chi connectivity index (χ3n) is 4.43. The highest BCUT2D eigenvalue weighted by Gasteiger charge is 2.34. The molecule has 1 aliphatic carbocycles. The van der Waals surface area contributed by atoms with Crippen molar-refractivity contribution < 1.29 is 9.84 Å². The number of aliphatic hydroxyl groups excluding tert-OH is 1. The number of aliphatic hydroxyl groups is 1. The van der Waals surface area contributed by atoms with Crippen LogP contribution >= 0.6 is 0 Å². The Kier molecular flexibility index (Phi) is 5.38. The van der Waals surface area contributed by atoms with Gasteiger partial charge in [0.15, 0.2) is 0 Å². The largest absolute Gasteiger partial charge is 0.392 e. The van der Waals surface area contributed by atoms with E-state index >= 15 is 0 Å². The van der Waals surface area contributed by atoms with Gasteiger partial charge in [-0.05, 0) is 12.0 Å². The maximum absolute atomic E-state index is 10.5. The van der Waals surface area contributed by atoms with Crippen molar-refractivity contribution in [3.05, 3.63) is 48.0 Å². The van der Waals surface area contributed by atoms with E-state index in [1.807, 2.05) is 18.2 Å². The molecule has 20 heavy (non-hydrogen) atoms. The number of ether oxygens (including phenoxy) is 1. The summed E-state index contributed by atoms with van der Waals surface area (Å²) in [6, 6.07) is 10.2. The van der Waals surface area contributed by atoms with E-state index in [0.717, 1.165) is 6.42 Å². The Morgan fingerprint density at radius 2 is 1.80 bits per heavy atom. The molecule has 1 aromatic carbocycles. The monoisotopic (exact) mass is 274 g/mol. The summed E-state index contributed by atoms with van der Waals surface area (Å²) in [5.41, 5.74) is 1.18. The van der Waals surface area contributed by atoms with Crippen molar-refractivity contribution in [3.63, 3.8) is 0 Å². The molecule has 0 fully saturated rings. The second kappa shape index (κ2) is 7.05. The lowest BCUT2D eigenvalue weighted by atomic mass is 9.86. The summed E-state index contributed by atoms with van der Waals surface area (Å²) < 4.78 is 6.13. The number of rotatable bonds is 4. The van der Waals surface area contributed by atoms with Gasteiger partial charge in [0.25, 0.3) is 0 Å². The van der Waals surface area contributed by atoms with Crippen molar-refractivity contribution >= 4 is 0 Å². The number of hydrogen-bond acceptors (Lipinski definition) is 2. The second-order valence-electron chi connectivity index (χ2n) is 5.93. The lowest BCUT2D eigenvalue weighted by Gasteiger charge is -2.31. The predicted octanol–water partition coefficient (Wildman–Crippen LogP) is 3.80. The van der Waals surface area contributed by atoms with Gasteiger partial charge >= 0.3 is 0 Å². The Morgan fingerprint density at radius 1 is 1.10 bits per heavy atom. The molecule has 2 rings (SSSR count). The summed E-state index contributed by atoms with van der Waals surface area (Å²) >= 11 is 0. The Morgan fingerprint density at radius 3 is 2.45 bits per heavy atom. The molecular formula is C18H26O2. The molecule has 1 aromatic rings. The quantitative estimate of drug-likeness (QED) is 0.846. The zero-order valence-corrected chi connectivity index (χ0v) is 12.7. The fraction of sp³-hybridized carbons (Fsp3) is 0.556. The Balaban J connectivity index is 2.04. The van der Waals surface area contributed by atoms with E-state index in [0.29, 0.717) is 12.5 Å². The van der Waals surface area contributed by atoms with E-state index in [1.54, 1.807) is 0 Å². The third-order valence-corrected chi connectivity index (χ3v) is 4.43. The molecule has 2 heteroatoms. The Bertz CT molecular complexity index is 426. The molecule has 0 aromatic heterocycles. The first kappa shape index (κ1) is 15.3. The van der Waals surface area contributed by atoms with Crippen LogP contribution in [0.1, 0.15) is 32.8 Å². The van der Waals surface area contributed by atoms with Gasteiger partial charge in [0.05, 0.1) is 18.8 Å². The first-order valence-corrected chi connectivity index (χ1v) is 7.65. The molecule has 0 unspecified atom stereocenters. The molecule has 5 atom stereocenters. The van der Waals surface area contributed by atoms with E-state index in [4.69, 9.17) is 4.74 Å². The van der Waals surface area contributed by atoms with E-state index < -0.39 is 0 Å². The minimum Gasteiger partial charge on any atom is -0.392 e. The minimum absolute atomic E-state index is 0.0676. The van der Waals surface area contributed by atoms with Crippen molar-refractivity contribution in [2.45, 2.75) is 46.0 Å². The predicted molar refractivity (Wildman–Crippen MR) is 82.3 cm³/mol. The van der Waals surface area contributed by atoms with Crippen LogP contribution in [0.2, 0.25) is 0 Å². The van der Waals surface area contributed by atoms with Gasteiger partial charge in [0.2, 0.25) is 0 Å². The van der Waals surface area contributed by atoms with E-state index in [2.05, 4.69) is 45.1 Å². The Labute approximate surface area is 122 Å². The van der Waals surface area contributed by atoms with Gasteiger partial charge in [-0.1, -0.05) is 63.3 Å². The van der Waals surface area contributed by atoms with Gasteiger partial charge in [0, 0.05) is 17.8 Å². The summed E-state index contributed by atoms with van der Waals surface area (Å²) in [6.07, 6.45) is 5.09. The highest BCUT2D eigenvalue weighted by Crippen LogP contribution is 2.31. The van der Waals surface area contributed by atoms with Crippen LogP contribution in [0.3, 0.4) is 0 Å². The molecule has 0 radical (unpaired) electrons. The van der Waals surface area contributed by atoms with Crippen LogP contribution in [0.15, 0.2) is 42.5 Å². The highest BCUT2D eigenvalue weighted by atomic mass is 16.5. The third kappa shape index (κ3) is 3.50. The van der Waals surface area contributed by atoms with Crippen molar-refractivity contribution in [2.24, 2.45) is 17.8 Å². The fourth-order valence-electron chi connectivity index (χ4n) is 3.05. The van der Waals surface area contributed by atoms with Crippen LogP contribution < -0.4 is 0 Å². The lowest BCUT2D eigenvalue weighted by Crippen LogP contribution is -2.37. The zero-order valence-electron chi connectivity index (χ0n) is 12.7. The smallest absolute Gasteiger partial charge is 0.0721 e. The molecule has 0 bridgehead atoms. The molecule has 0 saturated carbocycles. The van der Waals surface area contributed by atoms with Crippen LogP contribution in [-0.2, 0) is 11.3 Å². The summed E-state index contributed by atoms with van der Waals surface area (Å²) in [7, 11) is 0. The standard InChI is InChI=1S/C18H26O2/c1-4-16-11-10-13(2)18(14(3)17(16)19)20-12-15-8-6-5-7-9-15/h5-11,13-14,16-19H,4,12H2,1-3H3/t13-,14+,16-,17+,18-/m0/s1. The van der Waals surface area contributed by atoms with Gasteiger partial charge in [-0.25, -0.2) is 0 Å². The summed E-state index contributed by atoms with van der Waals surface area (Å²) in [6.45, 7) is 7.01.